The van der Waals surface area contributed by atoms with Crippen molar-refractivity contribution in [3.63, 3.8) is 0 Å². The highest BCUT2D eigenvalue weighted by Crippen LogP contribution is 2.41. The highest BCUT2D eigenvalue weighted by molar-refractivity contribution is 7.17. The third kappa shape index (κ3) is 4.36. The summed E-state index contributed by atoms with van der Waals surface area (Å²) in [6.45, 7) is 0.716. The Morgan fingerprint density at radius 3 is 2.70 bits per heavy atom. The van der Waals surface area contributed by atoms with Crippen molar-refractivity contribution in [1.29, 1.82) is 0 Å². The number of anilines is 1. The fourth-order valence-electron chi connectivity index (χ4n) is 4.29. The van der Waals surface area contributed by atoms with Crippen molar-refractivity contribution in [3.05, 3.63) is 50.3 Å². The van der Waals surface area contributed by atoms with Crippen LogP contribution in [-0.4, -0.2) is 23.3 Å². The smallest absolute Gasteiger partial charge is 0.254 e. The number of fused-ring (bicyclic) bond motifs is 1. The molecule has 5 rings (SSSR count). The highest BCUT2D eigenvalue weighted by atomic mass is 32.1. The Morgan fingerprint density at radius 1 is 1.13 bits per heavy atom. The first kappa shape index (κ1) is 19.5. The molecule has 1 unspecified atom stereocenters. The number of aromatic amines is 1. The van der Waals surface area contributed by atoms with E-state index in [9.17, 15) is 14.4 Å². The van der Waals surface area contributed by atoms with E-state index in [2.05, 4.69) is 15.6 Å². The fraction of sp³-hybridized carbons (Fsp3) is 0.522. The van der Waals surface area contributed by atoms with Gasteiger partial charge in [-0.1, -0.05) is 0 Å². The fourth-order valence-corrected chi connectivity index (χ4v) is 5.53. The number of carbonyl (C=O) groups excluding carboxylic acids is 2. The van der Waals surface area contributed by atoms with Gasteiger partial charge in [0.1, 0.15) is 5.00 Å². The van der Waals surface area contributed by atoms with Crippen molar-refractivity contribution in [2.45, 2.75) is 51.4 Å². The molecule has 1 atom stereocenters. The van der Waals surface area contributed by atoms with E-state index >= 15 is 0 Å². The van der Waals surface area contributed by atoms with Crippen molar-refractivity contribution >= 4 is 28.2 Å². The molecular formula is C23H27N3O3S. The number of aryl methyl sites for hydroxylation is 1. The first-order valence-electron chi connectivity index (χ1n) is 11.0. The monoisotopic (exact) mass is 425 g/mol. The maximum absolute atomic E-state index is 13.1. The van der Waals surface area contributed by atoms with Gasteiger partial charge in [0.05, 0.1) is 5.56 Å². The molecule has 2 fully saturated rings. The second kappa shape index (κ2) is 8.02. The van der Waals surface area contributed by atoms with Crippen LogP contribution in [-0.2, 0) is 24.1 Å². The lowest BCUT2D eigenvalue weighted by Gasteiger charge is -2.23. The molecule has 30 heavy (non-hydrogen) atoms. The Hall–Kier alpha value is -2.41. The molecule has 2 aromatic rings. The van der Waals surface area contributed by atoms with Gasteiger partial charge in [0.15, 0.2) is 5.43 Å². The zero-order valence-electron chi connectivity index (χ0n) is 17.0. The van der Waals surface area contributed by atoms with Crippen LogP contribution in [0.2, 0.25) is 0 Å². The minimum Gasteiger partial charge on any atom is -0.365 e. The lowest BCUT2D eigenvalue weighted by molar-refractivity contribution is -0.117. The maximum Gasteiger partial charge on any atom is 0.254 e. The van der Waals surface area contributed by atoms with Gasteiger partial charge in [-0.05, 0) is 68.8 Å². The molecule has 3 N–H and O–H groups in total. The standard InChI is InChI=1S/C23H27N3O3S/c27-17-7-8-24-16(11-17)9-14-3-6-19-18(10-14)20(22(29)25-12-13-1-2-13)23(30-19)26-21(28)15-4-5-15/h7-8,11,13-15H,1-6,9-10,12H2,(H,24,27)(H,25,29)(H,26,28). The minimum absolute atomic E-state index is 0.0148. The molecule has 6 nitrogen and oxygen atoms in total. The number of rotatable bonds is 7. The predicted octanol–water partition coefficient (Wildman–Crippen LogP) is 3.27. The highest BCUT2D eigenvalue weighted by Gasteiger charge is 2.34. The number of hydrogen-bond acceptors (Lipinski definition) is 4. The Labute approximate surface area is 179 Å². The maximum atomic E-state index is 13.1. The molecule has 0 saturated heterocycles. The van der Waals surface area contributed by atoms with Gasteiger partial charge in [-0.15, -0.1) is 11.3 Å². The number of amides is 2. The summed E-state index contributed by atoms with van der Waals surface area (Å²) in [5.74, 6) is 1.07. The van der Waals surface area contributed by atoms with Crippen LogP contribution < -0.4 is 16.1 Å². The summed E-state index contributed by atoms with van der Waals surface area (Å²) >= 11 is 1.57. The summed E-state index contributed by atoms with van der Waals surface area (Å²) < 4.78 is 0. The lowest BCUT2D eigenvalue weighted by Crippen LogP contribution is -2.28. The molecule has 2 amide bonds. The van der Waals surface area contributed by atoms with Gasteiger partial charge in [-0.3, -0.25) is 14.4 Å². The van der Waals surface area contributed by atoms with Crippen molar-refractivity contribution in [2.75, 3.05) is 11.9 Å². The van der Waals surface area contributed by atoms with Gasteiger partial charge >= 0.3 is 0 Å². The average molecular weight is 426 g/mol. The Morgan fingerprint density at radius 2 is 1.97 bits per heavy atom. The molecule has 3 aliphatic rings. The van der Waals surface area contributed by atoms with Crippen LogP contribution in [0.4, 0.5) is 5.00 Å². The van der Waals surface area contributed by atoms with Gasteiger partial charge in [0.25, 0.3) is 5.91 Å². The predicted molar refractivity (Wildman–Crippen MR) is 117 cm³/mol. The zero-order valence-corrected chi connectivity index (χ0v) is 17.8. The molecule has 0 aromatic carbocycles. The molecule has 2 heterocycles. The van der Waals surface area contributed by atoms with E-state index < -0.39 is 0 Å². The molecule has 0 bridgehead atoms. The van der Waals surface area contributed by atoms with E-state index in [1.807, 2.05) is 0 Å². The van der Waals surface area contributed by atoms with Gasteiger partial charge in [-0.25, -0.2) is 0 Å². The van der Waals surface area contributed by atoms with Crippen LogP contribution in [0.3, 0.4) is 0 Å². The van der Waals surface area contributed by atoms with Gasteiger partial charge in [-0.2, -0.15) is 0 Å². The number of aromatic nitrogens is 1. The SMILES string of the molecule is O=C(NCC1CC1)c1c(NC(=O)C2CC2)sc2c1CC(Cc1cc(=O)cc[nH]1)CC2. The van der Waals surface area contributed by atoms with Crippen LogP contribution in [0.15, 0.2) is 23.1 Å². The van der Waals surface area contributed by atoms with Crippen LogP contribution in [0.5, 0.6) is 0 Å². The Balaban J connectivity index is 1.38. The summed E-state index contributed by atoms with van der Waals surface area (Å²) in [6.07, 6.45) is 9.46. The second-order valence-electron chi connectivity index (χ2n) is 8.99. The van der Waals surface area contributed by atoms with Crippen LogP contribution in [0.1, 0.15) is 58.6 Å². The number of carbonyl (C=O) groups is 2. The molecule has 158 valence electrons. The number of nitrogens with one attached hydrogen (secondary N) is 3. The summed E-state index contributed by atoms with van der Waals surface area (Å²) in [5.41, 5.74) is 2.72. The van der Waals surface area contributed by atoms with E-state index in [1.165, 1.54) is 23.8 Å². The van der Waals surface area contributed by atoms with Crippen LogP contribution in [0, 0.1) is 17.8 Å². The van der Waals surface area contributed by atoms with Gasteiger partial charge in [0.2, 0.25) is 5.91 Å². The number of thiophene rings is 1. The molecule has 3 aliphatic carbocycles. The van der Waals surface area contributed by atoms with E-state index in [0.717, 1.165) is 54.8 Å². The normalized spacial score (nSPS) is 20.5. The summed E-state index contributed by atoms with van der Waals surface area (Å²) in [5, 5.41) is 6.87. The topological polar surface area (TPSA) is 91.1 Å². The summed E-state index contributed by atoms with van der Waals surface area (Å²) in [7, 11) is 0. The van der Waals surface area contributed by atoms with Crippen molar-refractivity contribution in [3.8, 4) is 0 Å². The van der Waals surface area contributed by atoms with Crippen molar-refractivity contribution in [2.24, 2.45) is 17.8 Å². The largest absolute Gasteiger partial charge is 0.365 e. The molecular weight excluding hydrogens is 398 g/mol. The quantitative estimate of drug-likeness (QED) is 0.636. The minimum atomic E-state index is -0.0562. The molecule has 7 heteroatoms. The van der Waals surface area contributed by atoms with Crippen molar-refractivity contribution < 1.29 is 9.59 Å². The summed E-state index contributed by atoms with van der Waals surface area (Å²) in [6, 6.07) is 3.19. The third-order valence-corrected chi connectivity index (χ3v) is 7.57. The first-order valence-corrected chi connectivity index (χ1v) is 11.8. The van der Waals surface area contributed by atoms with Crippen LogP contribution >= 0.6 is 11.3 Å². The zero-order chi connectivity index (χ0) is 20.7. The molecule has 0 spiro atoms. The number of hydrogen-bond donors (Lipinski definition) is 3. The molecule has 2 aromatic heterocycles. The van der Waals surface area contributed by atoms with E-state index in [0.29, 0.717) is 23.9 Å². The van der Waals surface area contributed by atoms with E-state index in [1.54, 1.807) is 23.6 Å². The van der Waals surface area contributed by atoms with E-state index in [4.69, 9.17) is 0 Å². The number of pyridine rings is 1. The second-order valence-corrected chi connectivity index (χ2v) is 10.1. The van der Waals surface area contributed by atoms with Crippen molar-refractivity contribution in [1.82, 2.24) is 10.3 Å². The molecule has 0 aliphatic heterocycles. The Bertz CT molecular complexity index is 1030. The third-order valence-electron chi connectivity index (χ3n) is 6.36. The lowest BCUT2D eigenvalue weighted by atomic mass is 9.83. The summed E-state index contributed by atoms with van der Waals surface area (Å²) in [4.78, 5) is 41.6. The molecule has 2 saturated carbocycles. The van der Waals surface area contributed by atoms with Gasteiger partial charge in [0, 0.05) is 41.4 Å². The first-order chi connectivity index (χ1) is 14.6. The Kier molecular flexibility index (Phi) is 5.23. The average Bonchev–Trinajstić information content (AvgIpc) is 3.63. The van der Waals surface area contributed by atoms with Crippen LogP contribution in [0.25, 0.3) is 0 Å². The number of H-pyrrole nitrogens is 1. The molecule has 0 radical (unpaired) electrons. The van der Waals surface area contributed by atoms with E-state index in [-0.39, 0.29) is 23.2 Å². The van der Waals surface area contributed by atoms with Gasteiger partial charge < -0.3 is 15.6 Å².